The predicted octanol–water partition coefficient (Wildman–Crippen LogP) is 4.18. The Bertz CT molecular complexity index is 763. The van der Waals surface area contributed by atoms with Crippen LogP contribution in [0.15, 0.2) is 48.5 Å². The van der Waals surface area contributed by atoms with E-state index in [0.29, 0.717) is 24.6 Å². The standard InChI is InChI=1S/C21H26N2O4S/c1-4-26-18-10-6-16(7-11-18)22-20(24)14-28-15(3)21(25)23-17-8-12-19(13-9-17)27-5-2/h6-13,15H,4-5,14H2,1-3H3,(H,22,24)(H,23,25)/t15-/m1/s1. The summed E-state index contributed by atoms with van der Waals surface area (Å²) < 4.78 is 10.7. The Balaban J connectivity index is 1.76. The first-order valence-electron chi connectivity index (χ1n) is 9.19. The Hall–Kier alpha value is -2.67. The maximum Gasteiger partial charge on any atom is 0.237 e. The van der Waals surface area contributed by atoms with Gasteiger partial charge in [0.1, 0.15) is 11.5 Å². The van der Waals surface area contributed by atoms with E-state index in [1.54, 1.807) is 55.5 Å². The number of carbonyl (C=O) groups is 2. The van der Waals surface area contributed by atoms with Crippen LogP contribution in [-0.4, -0.2) is 36.0 Å². The molecule has 1 atom stereocenters. The number of benzene rings is 2. The van der Waals surface area contributed by atoms with Gasteiger partial charge >= 0.3 is 0 Å². The van der Waals surface area contributed by atoms with Crippen molar-refractivity contribution in [3.63, 3.8) is 0 Å². The van der Waals surface area contributed by atoms with Crippen LogP contribution in [0.25, 0.3) is 0 Å². The number of anilines is 2. The molecule has 6 nitrogen and oxygen atoms in total. The number of ether oxygens (including phenoxy) is 2. The molecule has 0 aromatic heterocycles. The molecule has 2 aromatic carbocycles. The average Bonchev–Trinajstić information content (AvgIpc) is 2.69. The summed E-state index contributed by atoms with van der Waals surface area (Å²) in [5, 5.41) is 5.29. The fourth-order valence-electron chi connectivity index (χ4n) is 2.32. The highest BCUT2D eigenvalue weighted by Gasteiger charge is 2.15. The number of carbonyl (C=O) groups excluding carboxylic acids is 2. The summed E-state index contributed by atoms with van der Waals surface area (Å²) in [5.41, 5.74) is 1.39. The highest BCUT2D eigenvalue weighted by atomic mass is 32.2. The van der Waals surface area contributed by atoms with Gasteiger partial charge in [0, 0.05) is 11.4 Å². The van der Waals surface area contributed by atoms with E-state index in [9.17, 15) is 9.59 Å². The molecule has 0 aliphatic rings. The second kappa shape index (κ2) is 11.2. The molecule has 0 heterocycles. The van der Waals surface area contributed by atoms with E-state index in [-0.39, 0.29) is 22.8 Å². The zero-order valence-corrected chi connectivity index (χ0v) is 17.2. The van der Waals surface area contributed by atoms with Gasteiger partial charge < -0.3 is 20.1 Å². The molecule has 0 aliphatic heterocycles. The van der Waals surface area contributed by atoms with E-state index in [0.717, 1.165) is 11.5 Å². The number of amides is 2. The van der Waals surface area contributed by atoms with Gasteiger partial charge in [-0.15, -0.1) is 11.8 Å². The summed E-state index contributed by atoms with van der Waals surface area (Å²) >= 11 is 1.28. The topological polar surface area (TPSA) is 76.7 Å². The number of rotatable bonds is 10. The van der Waals surface area contributed by atoms with Crippen molar-refractivity contribution in [2.45, 2.75) is 26.0 Å². The van der Waals surface area contributed by atoms with Gasteiger partial charge in [-0.2, -0.15) is 0 Å². The van der Waals surface area contributed by atoms with Crippen molar-refractivity contribution >= 4 is 35.0 Å². The summed E-state index contributed by atoms with van der Waals surface area (Å²) in [5.74, 6) is 1.40. The molecule has 0 saturated heterocycles. The van der Waals surface area contributed by atoms with Gasteiger partial charge in [0.25, 0.3) is 0 Å². The zero-order chi connectivity index (χ0) is 20.4. The molecule has 0 bridgehead atoms. The van der Waals surface area contributed by atoms with Crippen LogP contribution in [0.1, 0.15) is 20.8 Å². The smallest absolute Gasteiger partial charge is 0.237 e. The third-order valence-electron chi connectivity index (χ3n) is 3.72. The fourth-order valence-corrected chi connectivity index (χ4v) is 3.00. The van der Waals surface area contributed by atoms with Gasteiger partial charge in [-0.3, -0.25) is 9.59 Å². The molecule has 0 aliphatic carbocycles. The maximum atomic E-state index is 12.3. The van der Waals surface area contributed by atoms with Crippen LogP contribution < -0.4 is 20.1 Å². The molecule has 2 N–H and O–H groups in total. The Labute approximate surface area is 170 Å². The van der Waals surface area contributed by atoms with Gasteiger partial charge in [-0.05, 0) is 69.3 Å². The van der Waals surface area contributed by atoms with E-state index in [1.807, 2.05) is 13.8 Å². The van der Waals surface area contributed by atoms with Crippen LogP contribution >= 0.6 is 11.8 Å². The highest BCUT2D eigenvalue weighted by molar-refractivity contribution is 8.01. The normalized spacial score (nSPS) is 11.4. The predicted molar refractivity (Wildman–Crippen MR) is 114 cm³/mol. The first-order valence-corrected chi connectivity index (χ1v) is 10.2. The second-order valence-corrected chi connectivity index (χ2v) is 7.23. The van der Waals surface area contributed by atoms with Crippen molar-refractivity contribution in [2.24, 2.45) is 0 Å². The van der Waals surface area contributed by atoms with Crippen LogP contribution in [0.5, 0.6) is 11.5 Å². The van der Waals surface area contributed by atoms with E-state index < -0.39 is 0 Å². The minimum atomic E-state index is -0.363. The van der Waals surface area contributed by atoms with Crippen molar-refractivity contribution in [1.82, 2.24) is 0 Å². The summed E-state index contributed by atoms with van der Waals surface area (Å²) in [6, 6.07) is 14.4. The third kappa shape index (κ3) is 7.15. The van der Waals surface area contributed by atoms with E-state index in [1.165, 1.54) is 11.8 Å². The fraction of sp³-hybridized carbons (Fsp3) is 0.333. The number of thioether (sulfide) groups is 1. The van der Waals surface area contributed by atoms with Crippen LogP contribution in [0, 0.1) is 0 Å². The number of hydrogen-bond donors (Lipinski definition) is 2. The number of hydrogen-bond acceptors (Lipinski definition) is 5. The summed E-state index contributed by atoms with van der Waals surface area (Å²) in [7, 11) is 0. The average molecular weight is 403 g/mol. The molecule has 2 aromatic rings. The monoisotopic (exact) mass is 402 g/mol. The molecule has 0 saturated carbocycles. The highest BCUT2D eigenvalue weighted by Crippen LogP contribution is 2.19. The van der Waals surface area contributed by atoms with Crippen LogP contribution in [0.4, 0.5) is 11.4 Å². The number of nitrogens with one attached hydrogen (secondary N) is 2. The van der Waals surface area contributed by atoms with Crippen molar-refractivity contribution in [2.75, 3.05) is 29.6 Å². The SMILES string of the molecule is CCOc1ccc(NC(=O)CS[C@H](C)C(=O)Nc2ccc(OCC)cc2)cc1. The van der Waals surface area contributed by atoms with Crippen LogP contribution in [0.3, 0.4) is 0 Å². The third-order valence-corrected chi connectivity index (χ3v) is 4.86. The minimum Gasteiger partial charge on any atom is -0.494 e. The lowest BCUT2D eigenvalue weighted by Gasteiger charge is -2.13. The Morgan fingerprint density at radius 2 is 1.32 bits per heavy atom. The van der Waals surface area contributed by atoms with Crippen molar-refractivity contribution in [3.8, 4) is 11.5 Å². The Morgan fingerprint density at radius 3 is 1.79 bits per heavy atom. The first kappa shape index (κ1) is 21.6. The quantitative estimate of drug-likeness (QED) is 0.623. The first-order chi connectivity index (χ1) is 13.5. The molecule has 2 amide bonds. The molecule has 2 rings (SSSR count). The molecule has 150 valence electrons. The minimum absolute atomic E-state index is 0.150. The summed E-state index contributed by atoms with van der Waals surface area (Å²) in [6.07, 6.45) is 0. The largest absolute Gasteiger partial charge is 0.494 e. The molecular formula is C21H26N2O4S. The summed E-state index contributed by atoms with van der Waals surface area (Å²) in [4.78, 5) is 24.4. The second-order valence-electron chi connectivity index (χ2n) is 5.91. The van der Waals surface area contributed by atoms with Gasteiger partial charge in [0.05, 0.1) is 24.2 Å². The molecule has 0 spiro atoms. The lowest BCUT2D eigenvalue weighted by atomic mass is 10.3. The summed E-state index contributed by atoms with van der Waals surface area (Å²) in [6.45, 7) is 6.80. The molecule has 28 heavy (non-hydrogen) atoms. The van der Waals surface area contributed by atoms with E-state index in [2.05, 4.69) is 10.6 Å². The van der Waals surface area contributed by atoms with Crippen molar-refractivity contribution in [1.29, 1.82) is 0 Å². The maximum absolute atomic E-state index is 12.3. The van der Waals surface area contributed by atoms with Gasteiger partial charge in [-0.25, -0.2) is 0 Å². The molecule has 7 heteroatoms. The Morgan fingerprint density at radius 1 is 0.857 bits per heavy atom. The van der Waals surface area contributed by atoms with Crippen LogP contribution in [-0.2, 0) is 9.59 Å². The molecular weight excluding hydrogens is 376 g/mol. The van der Waals surface area contributed by atoms with Gasteiger partial charge in [0.15, 0.2) is 0 Å². The van der Waals surface area contributed by atoms with Crippen LogP contribution in [0.2, 0.25) is 0 Å². The lowest BCUT2D eigenvalue weighted by Crippen LogP contribution is -2.25. The Kier molecular flexibility index (Phi) is 8.68. The lowest BCUT2D eigenvalue weighted by molar-refractivity contribution is -0.115. The zero-order valence-electron chi connectivity index (χ0n) is 16.4. The molecule has 0 radical (unpaired) electrons. The van der Waals surface area contributed by atoms with Crippen molar-refractivity contribution < 1.29 is 19.1 Å². The molecule has 0 unspecified atom stereocenters. The van der Waals surface area contributed by atoms with E-state index in [4.69, 9.17) is 9.47 Å². The molecule has 0 fully saturated rings. The van der Waals surface area contributed by atoms with Crippen molar-refractivity contribution in [3.05, 3.63) is 48.5 Å². The van der Waals surface area contributed by atoms with E-state index >= 15 is 0 Å². The van der Waals surface area contributed by atoms with Gasteiger partial charge in [-0.1, -0.05) is 0 Å². The van der Waals surface area contributed by atoms with Gasteiger partial charge in [0.2, 0.25) is 11.8 Å².